The fraction of sp³-hybridized carbons (Fsp3) is 0.312. The number of rotatable bonds is 4. The van der Waals surface area contributed by atoms with Crippen molar-refractivity contribution in [1.29, 1.82) is 0 Å². The Bertz CT molecular complexity index is 620. The van der Waals surface area contributed by atoms with Crippen molar-refractivity contribution in [3.63, 3.8) is 0 Å². The Labute approximate surface area is 129 Å². The van der Waals surface area contributed by atoms with Crippen LogP contribution in [0.2, 0.25) is 0 Å². The van der Waals surface area contributed by atoms with Gasteiger partial charge in [0, 0.05) is 22.9 Å². The van der Waals surface area contributed by atoms with Crippen LogP contribution in [-0.2, 0) is 6.42 Å². The molecular weight excluding hydrogens is 282 g/mol. The van der Waals surface area contributed by atoms with E-state index in [1.165, 1.54) is 4.90 Å². The molecule has 3 N–H and O–H groups in total. The molecule has 2 unspecified atom stereocenters. The highest BCUT2D eigenvalue weighted by Gasteiger charge is 2.27. The zero-order valence-corrected chi connectivity index (χ0v) is 12.8. The molecule has 3 rings (SSSR count). The first-order chi connectivity index (χ1) is 10.3. The minimum atomic E-state index is 0.120. The fourth-order valence-corrected chi connectivity index (χ4v) is 3.59. The molecule has 1 aliphatic heterocycles. The van der Waals surface area contributed by atoms with Gasteiger partial charge < -0.3 is 15.8 Å². The van der Waals surface area contributed by atoms with Crippen LogP contribution in [0.3, 0.4) is 0 Å². The smallest absolute Gasteiger partial charge is 0.133 e. The van der Waals surface area contributed by atoms with Gasteiger partial charge in [0.05, 0.1) is 0 Å². The summed E-state index contributed by atoms with van der Waals surface area (Å²) in [4.78, 5) is 5.36. The van der Waals surface area contributed by atoms with E-state index in [4.69, 9.17) is 10.5 Å². The molecule has 2 atom stereocenters. The molecule has 1 aromatic heterocycles. The van der Waals surface area contributed by atoms with Gasteiger partial charge in [-0.05, 0) is 37.2 Å². The van der Waals surface area contributed by atoms with Crippen LogP contribution in [0.15, 0.2) is 47.5 Å². The van der Waals surface area contributed by atoms with E-state index in [1.807, 2.05) is 49.1 Å². The topological polar surface area (TPSA) is 60.2 Å². The Hall–Kier alpha value is -1.72. The molecule has 0 radical (unpaired) electrons. The van der Waals surface area contributed by atoms with Crippen molar-refractivity contribution in [2.75, 3.05) is 18.5 Å². The van der Waals surface area contributed by atoms with E-state index in [0.29, 0.717) is 5.82 Å². The lowest BCUT2D eigenvalue weighted by atomic mass is 10.0. The van der Waals surface area contributed by atoms with Crippen LogP contribution in [0.5, 0.6) is 5.75 Å². The van der Waals surface area contributed by atoms with Crippen molar-refractivity contribution in [2.24, 2.45) is 0 Å². The van der Waals surface area contributed by atoms with E-state index >= 15 is 0 Å². The molecule has 0 saturated carbocycles. The average molecular weight is 301 g/mol. The van der Waals surface area contributed by atoms with Gasteiger partial charge in [-0.15, -0.1) is 11.8 Å². The number of benzene rings is 1. The number of aromatic nitrogens is 1. The summed E-state index contributed by atoms with van der Waals surface area (Å²) in [6, 6.07) is 12.3. The summed E-state index contributed by atoms with van der Waals surface area (Å²) >= 11 is 1.84. The molecule has 5 heteroatoms. The van der Waals surface area contributed by atoms with Gasteiger partial charge in [-0.25, -0.2) is 4.98 Å². The number of nitrogens with two attached hydrogens (primary N) is 1. The summed E-state index contributed by atoms with van der Waals surface area (Å²) < 4.78 is 6.15. The Balaban J connectivity index is 1.74. The van der Waals surface area contributed by atoms with Crippen LogP contribution in [-0.4, -0.2) is 29.9 Å². The number of hydrogen-bond acceptors (Lipinski definition) is 5. The number of likely N-dealkylation sites (N-methyl/N-ethyl adjacent to an activating group) is 1. The quantitative estimate of drug-likeness (QED) is 0.908. The molecule has 2 heterocycles. The zero-order valence-electron chi connectivity index (χ0n) is 12.0. The number of anilines is 1. The van der Waals surface area contributed by atoms with Gasteiger partial charge in [0.15, 0.2) is 0 Å². The number of hydrogen-bond donors (Lipinski definition) is 2. The first-order valence-corrected chi connectivity index (χ1v) is 8.01. The van der Waals surface area contributed by atoms with Crippen molar-refractivity contribution < 1.29 is 4.74 Å². The molecule has 2 aromatic rings. The number of nitrogen functional groups attached to an aromatic ring is 1. The second-order valence-electron chi connectivity index (χ2n) is 5.06. The highest BCUT2D eigenvalue weighted by Crippen LogP contribution is 2.36. The van der Waals surface area contributed by atoms with Crippen LogP contribution in [0.1, 0.15) is 5.56 Å². The van der Waals surface area contributed by atoms with Gasteiger partial charge in [-0.1, -0.05) is 18.2 Å². The second-order valence-corrected chi connectivity index (χ2v) is 6.12. The number of thioether (sulfide) groups is 1. The molecule has 0 bridgehead atoms. The molecule has 21 heavy (non-hydrogen) atoms. The van der Waals surface area contributed by atoms with Gasteiger partial charge in [0.25, 0.3) is 0 Å². The number of pyridine rings is 1. The summed E-state index contributed by atoms with van der Waals surface area (Å²) in [5, 5.41) is 3.36. The van der Waals surface area contributed by atoms with Gasteiger partial charge in [0.1, 0.15) is 17.7 Å². The van der Waals surface area contributed by atoms with Crippen LogP contribution in [0.25, 0.3) is 0 Å². The normalized spacial score (nSPS) is 18.6. The van der Waals surface area contributed by atoms with Crippen LogP contribution >= 0.6 is 11.8 Å². The van der Waals surface area contributed by atoms with E-state index in [0.717, 1.165) is 23.5 Å². The van der Waals surface area contributed by atoms with Gasteiger partial charge in [-0.3, -0.25) is 0 Å². The summed E-state index contributed by atoms with van der Waals surface area (Å²) in [7, 11) is 1.96. The SMILES string of the molecule is CNC(Cc1cccnc1N)C1CSc2ccccc2O1. The molecule has 1 aliphatic rings. The highest BCUT2D eigenvalue weighted by molar-refractivity contribution is 7.99. The lowest BCUT2D eigenvalue weighted by Gasteiger charge is -2.31. The van der Waals surface area contributed by atoms with Gasteiger partial charge >= 0.3 is 0 Å². The van der Waals surface area contributed by atoms with Crippen LogP contribution in [0, 0.1) is 0 Å². The van der Waals surface area contributed by atoms with E-state index < -0.39 is 0 Å². The Morgan fingerprint density at radius 1 is 1.38 bits per heavy atom. The van der Waals surface area contributed by atoms with E-state index in [-0.39, 0.29) is 12.1 Å². The Kier molecular flexibility index (Phi) is 4.31. The number of fused-ring (bicyclic) bond motifs is 1. The fourth-order valence-electron chi connectivity index (χ4n) is 2.51. The highest BCUT2D eigenvalue weighted by atomic mass is 32.2. The van der Waals surface area contributed by atoms with Crippen molar-refractivity contribution in [1.82, 2.24) is 10.3 Å². The molecule has 0 spiro atoms. The van der Waals surface area contributed by atoms with E-state index in [9.17, 15) is 0 Å². The predicted octanol–water partition coefficient (Wildman–Crippen LogP) is 2.35. The second kappa shape index (κ2) is 6.37. The Morgan fingerprint density at radius 3 is 3.05 bits per heavy atom. The van der Waals surface area contributed by atoms with Crippen molar-refractivity contribution in [3.8, 4) is 5.75 Å². The maximum Gasteiger partial charge on any atom is 0.133 e. The molecular formula is C16H19N3OS. The standard InChI is InChI=1S/C16H19N3OS/c1-18-12(9-11-5-4-8-19-16(11)17)14-10-21-15-7-3-2-6-13(15)20-14/h2-8,12,14,18H,9-10H2,1H3,(H2,17,19). The van der Waals surface area contributed by atoms with Gasteiger partial charge in [0.2, 0.25) is 0 Å². The molecule has 4 nitrogen and oxygen atoms in total. The summed E-state index contributed by atoms with van der Waals surface area (Å²) in [6.45, 7) is 0. The zero-order chi connectivity index (χ0) is 14.7. The molecule has 0 fully saturated rings. The average Bonchev–Trinajstić information content (AvgIpc) is 2.54. The largest absolute Gasteiger partial charge is 0.487 e. The first-order valence-electron chi connectivity index (χ1n) is 7.03. The minimum Gasteiger partial charge on any atom is -0.487 e. The maximum atomic E-state index is 6.15. The third-order valence-corrected chi connectivity index (χ3v) is 4.86. The predicted molar refractivity (Wildman–Crippen MR) is 86.8 cm³/mol. The summed E-state index contributed by atoms with van der Waals surface area (Å²) in [5.74, 6) is 2.50. The number of nitrogens with zero attached hydrogens (tertiary/aromatic N) is 1. The van der Waals surface area contributed by atoms with Crippen LogP contribution in [0.4, 0.5) is 5.82 Å². The van der Waals surface area contributed by atoms with Crippen molar-refractivity contribution in [2.45, 2.75) is 23.5 Å². The monoisotopic (exact) mass is 301 g/mol. The van der Waals surface area contributed by atoms with E-state index in [1.54, 1.807) is 6.20 Å². The summed E-state index contributed by atoms with van der Waals surface area (Å²) in [6.07, 6.45) is 2.65. The third-order valence-electron chi connectivity index (χ3n) is 3.72. The molecule has 1 aromatic carbocycles. The third kappa shape index (κ3) is 3.14. The van der Waals surface area contributed by atoms with Crippen molar-refractivity contribution >= 4 is 17.6 Å². The lowest BCUT2D eigenvalue weighted by Crippen LogP contribution is -2.45. The van der Waals surface area contributed by atoms with Gasteiger partial charge in [-0.2, -0.15) is 0 Å². The number of para-hydroxylation sites is 1. The minimum absolute atomic E-state index is 0.120. The van der Waals surface area contributed by atoms with Crippen LogP contribution < -0.4 is 15.8 Å². The molecule has 0 aliphatic carbocycles. The lowest BCUT2D eigenvalue weighted by molar-refractivity contribution is 0.169. The first kappa shape index (κ1) is 14.2. The maximum absolute atomic E-state index is 6.15. The molecule has 0 saturated heterocycles. The number of nitrogens with one attached hydrogen (secondary N) is 1. The summed E-state index contributed by atoms with van der Waals surface area (Å²) in [5.41, 5.74) is 7.00. The Morgan fingerprint density at radius 2 is 2.24 bits per heavy atom. The number of ether oxygens (including phenoxy) is 1. The van der Waals surface area contributed by atoms with E-state index in [2.05, 4.69) is 16.4 Å². The molecule has 110 valence electrons. The van der Waals surface area contributed by atoms with Crippen molar-refractivity contribution in [3.05, 3.63) is 48.2 Å². The molecule has 0 amide bonds.